The molecule has 3 nitrogen and oxygen atoms in total. The molecule has 3 rings (SSSR count). The quantitative estimate of drug-likeness (QED) is 0.751. The minimum Gasteiger partial charge on any atom is -0.384 e. The van der Waals surface area contributed by atoms with Crippen molar-refractivity contribution in [2.45, 2.75) is 44.1 Å². The van der Waals surface area contributed by atoms with E-state index in [4.69, 9.17) is 5.73 Å². The van der Waals surface area contributed by atoms with Gasteiger partial charge in [-0.3, -0.25) is 0 Å². The van der Waals surface area contributed by atoms with Gasteiger partial charge in [0.25, 0.3) is 0 Å². The molecule has 0 aliphatic heterocycles. The molecule has 13 heavy (non-hydrogen) atoms. The number of anilines is 1. The molecule has 2 aliphatic rings. The lowest BCUT2D eigenvalue weighted by Crippen LogP contribution is -2.10. The molecule has 0 radical (unpaired) electrons. The second-order valence-electron chi connectivity index (χ2n) is 4.30. The summed E-state index contributed by atoms with van der Waals surface area (Å²) in [4.78, 5) is 0. The van der Waals surface area contributed by atoms with E-state index in [1.807, 2.05) is 4.68 Å². The van der Waals surface area contributed by atoms with Gasteiger partial charge in [0.2, 0.25) is 0 Å². The van der Waals surface area contributed by atoms with E-state index < -0.39 is 0 Å². The Kier molecular flexibility index (Phi) is 1.43. The smallest absolute Gasteiger partial charge is 0.122 e. The molecule has 0 amide bonds. The summed E-state index contributed by atoms with van der Waals surface area (Å²) in [5.41, 5.74) is 7.13. The van der Waals surface area contributed by atoms with Crippen LogP contribution < -0.4 is 5.73 Å². The molecule has 2 fully saturated rings. The highest BCUT2D eigenvalue weighted by atomic mass is 15.3. The number of nitrogens with two attached hydrogens (primary N) is 1. The van der Waals surface area contributed by atoms with Gasteiger partial charge in [-0.05, 0) is 25.7 Å². The molecule has 0 bridgehead atoms. The van der Waals surface area contributed by atoms with Crippen molar-refractivity contribution >= 4 is 5.82 Å². The van der Waals surface area contributed by atoms with Crippen LogP contribution in [0.3, 0.4) is 0 Å². The number of nitrogen functional groups attached to an aromatic ring is 1. The van der Waals surface area contributed by atoms with Gasteiger partial charge in [-0.25, -0.2) is 4.68 Å². The summed E-state index contributed by atoms with van der Waals surface area (Å²) >= 11 is 0. The zero-order chi connectivity index (χ0) is 8.84. The Balaban J connectivity index is 1.89. The molecular formula is C10H15N3. The van der Waals surface area contributed by atoms with E-state index in [1.54, 1.807) is 0 Å². The monoisotopic (exact) mass is 177 g/mol. The van der Waals surface area contributed by atoms with Gasteiger partial charge < -0.3 is 5.73 Å². The molecule has 1 aromatic rings. The van der Waals surface area contributed by atoms with Gasteiger partial charge in [0, 0.05) is 12.0 Å². The van der Waals surface area contributed by atoms with Gasteiger partial charge in [-0.1, -0.05) is 6.42 Å². The third-order valence-electron chi connectivity index (χ3n) is 3.20. The highest BCUT2D eigenvalue weighted by Gasteiger charge is 2.29. The van der Waals surface area contributed by atoms with Crippen molar-refractivity contribution in [2.75, 3.05) is 5.73 Å². The Bertz CT molecular complexity index is 321. The second kappa shape index (κ2) is 2.50. The second-order valence-corrected chi connectivity index (χ2v) is 4.30. The van der Waals surface area contributed by atoms with Crippen LogP contribution in [0.1, 0.15) is 49.8 Å². The van der Waals surface area contributed by atoms with Gasteiger partial charge in [0.15, 0.2) is 0 Å². The van der Waals surface area contributed by atoms with Crippen molar-refractivity contribution in [3.05, 3.63) is 11.8 Å². The van der Waals surface area contributed by atoms with E-state index in [0.717, 1.165) is 5.82 Å². The van der Waals surface area contributed by atoms with E-state index in [0.29, 0.717) is 12.0 Å². The van der Waals surface area contributed by atoms with Crippen molar-refractivity contribution in [3.63, 3.8) is 0 Å². The molecule has 70 valence electrons. The van der Waals surface area contributed by atoms with Crippen LogP contribution in [0.25, 0.3) is 0 Å². The Morgan fingerprint density at radius 3 is 2.62 bits per heavy atom. The van der Waals surface area contributed by atoms with Gasteiger partial charge in [-0.2, -0.15) is 5.10 Å². The van der Waals surface area contributed by atoms with E-state index in [2.05, 4.69) is 11.2 Å². The van der Waals surface area contributed by atoms with E-state index >= 15 is 0 Å². The van der Waals surface area contributed by atoms with Crippen LogP contribution >= 0.6 is 0 Å². The van der Waals surface area contributed by atoms with Crippen LogP contribution in [0, 0.1) is 0 Å². The maximum absolute atomic E-state index is 5.90. The van der Waals surface area contributed by atoms with Crippen LogP contribution in [0.2, 0.25) is 0 Å². The normalized spacial score (nSPS) is 23.1. The summed E-state index contributed by atoms with van der Waals surface area (Å²) in [6, 6.07) is 2.69. The fourth-order valence-electron chi connectivity index (χ4n) is 1.94. The number of rotatable bonds is 2. The summed E-state index contributed by atoms with van der Waals surface area (Å²) in [5, 5.41) is 4.59. The first-order chi connectivity index (χ1) is 6.34. The van der Waals surface area contributed by atoms with Crippen molar-refractivity contribution < 1.29 is 0 Å². The van der Waals surface area contributed by atoms with E-state index in [1.165, 1.54) is 37.8 Å². The van der Waals surface area contributed by atoms with Crippen LogP contribution in [-0.2, 0) is 0 Å². The minimum absolute atomic E-state index is 0.619. The summed E-state index contributed by atoms with van der Waals surface area (Å²) in [6.45, 7) is 0. The molecule has 0 saturated heterocycles. The molecule has 2 aliphatic carbocycles. The first-order valence-electron chi connectivity index (χ1n) is 5.19. The Morgan fingerprint density at radius 1 is 1.31 bits per heavy atom. The van der Waals surface area contributed by atoms with Crippen molar-refractivity contribution in [3.8, 4) is 0 Å². The minimum atomic E-state index is 0.619. The van der Waals surface area contributed by atoms with Crippen LogP contribution in [0.15, 0.2) is 6.07 Å². The lowest BCUT2D eigenvalue weighted by molar-refractivity contribution is 0.406. The zero-order valence-corrected chi connectivity index (χ0v) is 7.74. The van der Waals surface area contributed by atoms with Gasteiger partial charge in [0.05, 0.1) is 11.7 Å². The summed E-state index contributed by atoms with van der Waals surface area (Å²) in [7, 11) is 0. The molecular weight excluding hydrogens is 162 g/mol. The first-order valence-corrected chi connectivity index (χ1v) is 5.19. The summed E-state index contributed by atoms with van der Waals surface area (Å²) in [5.74, 6) is 1.58. The average molecular weight is 177 g/mol. The topological polar surface area (TPSA) is 43.8 Å². The average Bonchev–Trinajstić information content (AvgIpc) is 2.74. The van der Waals surface area contributed by atoms with Crippen LogP contribution in [-0.4, -0.2) is 9.78 Å². The Labute approximate surface area is 77.9 Å². The molecule has 0 spiro atoms. The highest BCUT2D eigenvalue weighted by molar-refractivity contribution is 5.34. The number of hydrogen-bond donors (Lipinski definition) is 1. The van der Waals surface area contributed by atoms with E-state index in [9.17, 15) is 0 Å². The fraction of sp³-hybridized carbons (Fsp3) is 0.700. The Hall–Kier alpha value is -0.990. The lowest BCUT2D eigenvalue weighted by Gasteiger charge is -2.22. The Morgan fingerprint density at radius 2 is 2.08 bits per heavy atom. The molecule has 0 unspecified atom stereocenters. The molecule has 0 atom stereocenters. The molecule has 2 N–H and O–H groups in total. The third-order valence-corrected chi connectivity index (χ3v) is 3.20. The maximum Gasteiger partial charge on any atom is 0.122 e. The molecule has 3 heteroatoms. The zero-order valence-electron chi connectivity index (χ0n) is 7.74. The maximum atomic E-state index is 5.90. The number of aromatic nitrogens is 2. The SMILES string of the molecule is Nc1cc(C2CCC2)nn1C1CC1. The van der Waals surface area contributed by atoms with E-state index in [-0.39, 0.29) is 0 Å². The predicted octanol–water partition coefficient (Wildman–Crippen LogP) is 2.07. The van der Waals surface area contributed by atoms with Crippen molar-refractivity contribution in [1.29, 1.82) is 0 Å². The third kappa shape index (κ3) is 1.14. The first kappa shape index (κ1) is 7.42. The summed E-state index contributed by atoms with van der Waals surface area (Å²) in [6.07, 6.45) is 6.50. The highest BCUT2D eigenvalue weighted by Crippen LogP contribution is 2.40. The van der Waals surface area contributed by atoms with Crippen molar-refractivity contribution in [1.82, 2.24) is 9.78 Å². The van der Waals surface area contributed by atoms with Crippen LogP contribution in [0.5, 0.6) is 0 Å². The van der Waals surface area contributed by atoms with Crippen LogP contribution in [0.4, 0.5) is 5.82 Å². The molecule has 2 saturated carbocycles. The molecule has 1 heterocycles. The summed E-state index contributed by atoms with van der Waals surface area (Å²) < 4.78 is 2.02. The molecule has 0 aromatic carbocycles. The standard InChI is InChI=1S/C10H15N3/c11-10-6-9(7-2-1-3-7)12-13(10)8-4-5-8/h6-8H,1-5,11H2. The number of hydrogen-bond acceptors (Lipinski definition) is 2. The predicted molar refractivity (Wildman–Crippen MR) is 51.5 cm³/mol. The van der Waals surface area contributed by atoms with Gasteiger partial charge >= 0.3 is 0 Å². The molecule has 1 aromatic heterocycles. The largest absolute Gasteiger partial charge is 0.384 e. The fourth-order valence-corrected chi connectivity index (χ4v) is 1.94. The van der Waals surface area contributed by atoms with Crippen molar-refractivity contribution in [2.24, 2.45) is 0 Å². The lowest BCUT2D eigenvalue weighted by atomic mass is 9.83. The number of nitrogens with zero attached hydrogens (tertiary/aromatic N) is 2. The van der Waals surface area contributed by atoms with Gasteiger partial charge in [0.1, 0.15) is 5.82 Å². The van der Waals surface area contributed by atoms with Gasteiger partial charge in [-0.15, -0.1) is 0 Å².